The number of rotatable bonds is 5. The zero-order valence-corrected chi connectivity index (χ0v) is 17.1. The van der Waals surface area contributed by atoms with E-state index in [1.807, 2.05) is 5.38 Å². The summed E-state index contributed by atoms with van der Waals surface area (Å²) in [6, 6.07) is 1.64. The lowest BCUT2D eigenvalue weighted by Crippen LogP contribution is -2.44. The summed E-state index contributed by atoms with van der Waals surface area (Å²) in [4.78, 5) is 19.0. The molecular weight excluding hydrogens is 399 g/mol. The van der Waals surface area contributed by atoms with Crippen molar-refractivity contribution in [2.24, 2.45) is 5.73 Å². The Kier molecular flexibility index (Phi) is 9.02. The van der Waals surface area contributed by atoms with Gasteiger partial charge in [0.25, 0.3) is 5.91 Å². The smallest absolute Gasteiger partial charge is 0.260 e. The average Bonchev–Trinajstić information content (AvgIpc) is 3.15. The molecular formula is C16H24Cl2N4O3S. The van der Waals surface area contributed by atoms with Gasteiger partial charge in [0.2, 0.25) is 0 Å². The highest BCUT2D eigenvalue weighted by molar-refractivity contribution is 7.13. The van der Waals surface area contributed by atoms with E-state index < -0.39 is 0 Å². The van der Waals surface area contributed by atoms with E-state index in [0.717, 1.165) is 25.3 Å². The summed E-state index contributed by atoms with van der Waals surface area (Å²) in [7, 11) is 0. The maximum absolute atomic E-state index is 12.2. The van der Waals surface area contributed by atoms with Gasteiger partial charge in [-0.1, -0.05) is 0 Å². The van der Waals surface area contributed by atoms with Crippen molar-refractivity contribution in [3.63, 3.8) is 0 Å². The number of aromatic nitrogens is 1. The van der Waals surface area contributed by atoms with Crippen LogP contribution < -0.4 is 11.1 Å². The van der Waals surface area contributed by atoms with Gasteiger partial charge in [0, 0.05) is 25.0 Å². The zero-order chi connectivity index (χ0) is 17.1. The van der Waals surface area contributed by atoms with Gasteiger partial charge in [0.05, 0.1) is 30.0 Å². The fourth-order valence-corrected chi connectivity index (χ4v) is 3.55. The van der Waals surface area contributed by atoms with Gasteiger partial charge < -0.3 is 14.9 Å². The lowest BCUT2D eigenvalue weighted by atomic mass is 10.2. The van der Waals surface area contributed by atoms with Gasteiger partial charge in [-0.3, -0.25) is 15.0 Å². The minimum absolute atomic E-state index is 0. The van der Waals surface area contributed by atoms with E-state index in [-0.39, 0.29) is 49.5 Å². The van der Waals surface area contributed by atoms with Crippen LogP contribution in [0.1, 0.15) is 35.7 Å². The van der Waals surface area contributed by atoms with Crippen LogP contribution in [-0.4, -0.2) is 41.1 Å². The Morgan fingerprint density at radius 2 is 2.08 bits per heavy atom. The maximum atomic E-state index is 12.2. The molecule has 26 heavy (non-hydrogen) atoms. The van der Waals surface area contributed by atoms with Crippen LogP contribution in [-0.2, 0) is 17.8 Å². The van der Waals surface area contributed by atoms with Gasteiger partial charge in [0.1, 0.15) is 12.0 Å². The first-order valence-corrected chi connectivity index (χ1v) is 8.82. The summed E-state index contributed by atoms with van der Waals surface area (Å²) in [6.45, 7) is 6.96. The summed E-state index contributed by atoms with van der Waals surface area (Å²) >= 11 is 1.42. The molecule has 0 radical (unpaired) electrons. The van der Waals surface area contributed by atoms with Crippen molar-refractivity contribution >= 4 is 47.2 Å². The molecule has 146 valence electrons. The van der Waals surface area contributed by atoms with E-state index in [1.165, 1.54) is 17.6 Å². The molecule has 3 N–H and O–H groups in total. The molecule has 0 bridgehead atoms. The Labute approximate surface area is 169 Å². The van der Waals surface area contributed by atoms with Gasteiger partial charge in [0.15, 0.2) is 5.13 Å². The van der Waals surface area contributed by atoms with Crippen LogP contribution in [0.5, 0.6) is 0 Å². The van der Waals surface area contributed by atoms with Crippen molar-refractivity contribution in [3.8, 4) is 0 Å². The number of carbonyl (C=O) groups is 1. The third kappa shape index (κ3) is 5.94. The number of ether oxygens (including phenoxy) is 1. The summed E-state index contributed by atoms with van der Waals surface area (Å²) in [6.07, 6.45) is 1.86. The largest absolute Gasteiger partial charge is 0.467 e. The minimum Gasteiger partial charge on any atom is -0.467 e. The predicted octanol–water partition coefficient (Wildman–Crippen LogP) is 2.90. The zero-order valence-electron chi connectivity index (χ0n) is 14.6. The maximum Gasteiger partial charge on any atom is 0.260 e. The SMILES string of the molecule is CC1CN(Cc2csc(NC(=O)c3coc(CN)c3)n2)CC(C)O1.Cl.Cl. The van der Waals surface area contributed by atoms with E-state index in [9.17, 15) is 4.79 Å². The highest BCUT2D eigenvalue weighted by atomic mass is 35.5. The standard InChI is InChI=1S/C16H22N4O3S.2ClH/c1-10-5-20(6-11(2)23-10)7-13-9-24-16(18-13)19-15(21)12-3-14(4-17)22-8-12;;/h3,8-11H,4-7,17H2,1-2H3,(H,18,19,21);2*1H. The summed E-state index contributed by atoms with van der Waals surface area (Å²) < 4.78 is 10.9. The van der Waals surface area contributed by atoms with Gasteiger partial charge in [-0.2, -0.15) is 0 Å². The first-order valence-electron chi connectivity index (χ1n) is 7.94. The Bertz CT molecular complexity index is 699. The van der Waals surface area contributed by atoms with Crippen molar-refractivity contribution < 1.29 is 13.9 Å². The van der Waals surface area contributed by atoms with Crippen LogP contribution in [0.3, 0.4) is 0 Å². The molecule has 1 aliphatic heterocycles. The molecule has 3 rings (SSSR count). The number of halogens is 2. The Morgan fingerprint density at radius 3 is 2.69 bits per heavy atom. The average molecular weight is 423 g/mol. The Morgan fingerprint density at radius 1 is 1.38 bits per heavy atom. The van der Waals surface area contributed by atoms with Crippen molar-refractivity contribution in [2.75, 3.05) is 18.4 Å². The summed E-state index contributed by atoms with van der Waals surface area (Å²) in [5, 5.41) is 5.35. The van der Waals surface area contributed by atoms with E-state index in [0.29, 0.717) is 16.5 Å². The van der Waals surface area contributed by atoms with E-state index in [2.05, 4.69) is 29.0 Å². The number of anilines is 1. The molecule has 1 aliphatic rings. The molecule has 1 saturated heterocycles. The number of carbonyl (C=O) groups excluding carboxylic acids is 1. The minimum atomic E-state index is -0.243. The molecule has 0 saturated carbocycles. The van der Waals surface area contributed by atoms with E-state index >= 15 is 0 Å². The fourth-order valence-electron chi connectivity index (χ4n) is 2.86. The fraction of sp³-hybridized carbons (Fsp3) is 0.500. The van der Waals surface area contributed by atoms with Crippen molar-refractivity contribution in [1.82, 2.24) is 9.88 Å². The number of hydrogen-bond donors (Lipinski definition) is 2. The monoisotopic (exact) mass is 422 g/mol. The molecule has 0 aromatic carbocycles. The second-order valence-corrected chi connectivity index (χ2v) is 6.91. The summed E-state index contributed by atoms with van der Waals surface area (Å²) in [5.41, 5.74) is 6.88. The molecule has 1 fully saturated rings. The molecule has 0 aliphatic carbocycles. The molecule has 0 spiro atoms. The molecule has 1 amide bonds. The molecule has 2 aromatic heterocycles. The normalized spacial score (nSPS) is 20.1. The molecule has 7 nitrogen and oxygen atoms in total. The van der Waals surface area contributed by atoms with Crippen molar-refractivity contribution in [1.29, 1.82) is 0 Å². The van der Waals surface area contributed by atoms with Crippen LogP contribution in [0.15, 0.2) is 22.1 Å². The van der Waals surface area contributed by atoms with E-state index in [1.54, 1.807) is 6.07 Å². The molecule has 2 atom stereocenters. The highest BCUT2D eigenvalue weighted by Crippen LogP contribution is 2.20. The Balaban J connectivity index is 0.00000169. The number of thiazole rings is 1. The van der Waals surface area contributed by atoms with Crippen LogP contribution in [0, 0.1) is 0 Å². The summed E-state index contributed by atoms with van der Waals surface area (Å²) in [5.74, 6) is 0.337. The van der Waals surface area contributed by atoms with Crippen molar-refractivity contribution in [3.05, 3.63) is 34.7 Å². The highest BCUT2D eigenvalue weighted by Gasteiger charge is 2.23. The first kappa shape index (κ1) is 22.9. The molecule has 10 heteroatoms. The quantitative estimate of drug-likeness (QED) is 0.768. The second kappa shape index (κ2) is 10.2. The van der Waals surface area contributed by atoms with Gasteiger partial charge in [-0.25, -0.2) is 4.98 Å². The molecule has 3 heterocycles. The van der Waals surface area contributed by atoms with Crippen LogP contribution in [0.25, 0.3) is 0 Å². The molecule has 2 aromatic rings. The molecule has 2 unspecified atom stereocenters. The van der Waals surface area contributed by atoms with E-state index in [4.69, 9.17) is 14.9 Å². The van der Waals surface area contributed by atoms with Crippen LogP contribution in [0.4, 0.5) is 5.13 Å². The lowest BCUT2D eigenvalue weighted by Gasteiger charge is -2.34. The second-order valence-electron chi connectivity index (χ2n) is 6.06. The van der Waals surface area contributed by atoms with Crippen molar-refractivity contribution in [2.45, 2.75) is 39.1 Å². The lowest BCUT2D eigenvalue weighted by molar-refractivity contribution is -0.0707. The number of hydrogen-bond acceptors (Lipinski definition) is 7. The Hall–Kier alpha value is -1.16. The third-order valence-electron chi connectivity index (χ3n) is 3.77. The number of nitrogens with zero attached hydrogens (tertiary/aromatic N) is 2. The first-order chi connectivity index (χ1) is 11.5. The number of nitrogens with two attached hydrogens (primary N) is 1. The van der Waals surface area contributed by atoms with Gasteiger partial charge in [-0.15, -0.1) is 36.2 Å². The van der Waals surface area contributed by atoms with Crippen LogP contribution in [0.2, 0.25) is 0 Å². The number of furan rings is 1. The van der Waals surface area contributed by atoms with Gasteiger partial charge in [-0.05, 0) is 19.9 Å². The number of morpholine rings is 1. The number of amides is 1. The van der Waals surface area contributed by atoms with Crippen LogP contribution >= 0.6 is 36.2 Å². The topological polar surface area (TPSA) is 93.6 Å². The van der Waals surface area contributed by atoms with Gasteiger partial charge >= 0.3 is 0 Å². The number of nitrogens with one attached hydrogen (secondary N) is 1. The third-order valence-corrected chi connectivity index (χ3v) is 4.58. The predicted molar refractivity (Wildman–Crippen MR) is 106 cm³/mol.